The standard InChI is InChI=1S/C12H12BrNO3/c1-7-6-8(2-3-9(7)13)14-10(12(16)17)4-5-11(14)15/h2-3,6,10H,4-5H2,1H3,(H,16,17). The first-order valence-electron chi connectivity index (χ1n) is 5.31. The van der Waals surface area contributed by atoms with Gasteiger partial charge in [-0.25, -0.2) is 4.79 Å². The van der Waals surface area contributed by atoms with Crippen molar-refractivity contribution < 1.29 is 14.7 Å². The van der Waals surface area contributed by atoms with E-state index in [1.165, 1.54) is 4.90 Å². The second kappa shape index (κ2) is 4.49. The Hall–Kier alpha value is -1.36. The average molecular weight is 298 g/mol. The smallest absolute Gasteiger partial charge is 0.326 e. The molecule has 0 radical (unpaired) electrons. The Morgan fingerprint density at radius 1 is 1.53 bits per heavy atom. The molecule has 1 atom stereocenters. The molecule has 0 saturated carbocycles. The number of aryl methyl sites for hydroxylation is 1. The maximum atomic E-state index is 11.7. The van der Waals surface area contributed by atoms with Crippen LogP contribution in [0.15, 0.2) is 22.7 Å². The molecule has 0 bridgehead atoms. The molecule has 1 heterocycles. The van der Waals surface area contributed by atoms with Crippen molar-refractivity contribution in [2.45, 2.75) is 25.8 Å². The molecule has 0 aliphatic carbocycles. The van der Waals surface area contributed by atoms with E-state index in [1.54, 1.807) is 6.07 Å². The summed E-state index contributed by atoms with van der Waals surface area (Å²) < 4.78 is 0.944. The Bertz CT molecular complexity index is 487. The average Bonchev–Trinajstić information content (AvgIpc) is 2.64. The Morgan fingerprint density at radius 3 is 2.82 bits per heavy atom. The van der Waals surface area contributed by atoms with Crippen LogP contribution in [0, 0.1) is 6.92 Å². The molecule has 1 aliphatic rings. The van der Waals surface area contributed by atoms with Crippen molar-refractivity contribution in [3.8, 4) is 0 Å². The number of carboxylic acids is 1. The summed E-state index contributed by atoms with van der Waals surface area (Å²) in [5, 5.41) is 9.08. The van der Waals surface area contributed by atoms with Gasteiger partial charge in [-0.2, -0.15) is 0 Å². The summed E-state index contributed by atoms with van der Waals surface area (Å²) in [6.07, 6.45) is 0.676. The Morgan fingerprint density at radius 2 is 2.24 bits per heavy atom. The number of amides is 1. The van der Waals surface area contributed by atoms with Gasteiger partial charge >= 0.3 is 5.97 Å². The maximum absolute atomic E-state index is 11.7. The third-order valence-electron chi connectivity index (χ3n) is 2.92. The molecule has 0 aromatic heterocycles. The van der Waals surface area contributed by atoms with Crippen molar-refractivity contribution in [1.82, 2.24) is 0 Å². The minimum absolute atomic E-state index is 0.126. The third kappa shape index (κ3) is 2.20. The Labute approximate surface area is 107 Å². The first-order chi connectivity index (χ1) is 8.00. The molecule has 5 heteroatoms. The molecular weight excluding hydrogens is 286 g/mol. The van der Waals surface area contributed by atoms with Crippen molar-refractivity contribution in [3.05, 3.63) is 28.2 Å². The van der Waals surface area contributed by atoms with Crippen LogP contribution in [0.25, 0.3) is 0 Å². The minimum Gasteiger partial charge on any atom is -0.480 e. The van der Waals surface area contributed by atoms with E-state index in [9.17, 15) is 9.59 Å². The summed E-state index contributed by atoms with van der Waals surface area (Å²) in [4.78, 5) is 24.2. The molecular formula is C12H12BrNO3. The van der Waals surface area contributed by atoms with Gasteiger partial charge in [0.1, 0.15) is 6.04 Å². The van der Waals surface area contributed by atoms with Gasteiger partial charge in [0.25, 0.3) is 0 Å². The van der Waals surface area contributed by atoms with Crippen LogP contribution in [-0.2, 0) is 9.59 Å². The van der Waals surface area contributed by atoms with Crippen LogP contribution in [0.2, 0.25) is 0 Å². The van der Waals surface area contributed by atoms with E-state index in [2.05, 4.69) is 15.9 Å². The predicted molar refractivity (Wildman–Crippen MR) is 67.0 cm³/mol. The zero-order valence-electron chi connectivity index (χ0n) is 9.31. The van der Waals surface area contributed by atoms with E-state index in [-0.39, 0.29) is 5.91 Å². The molecule has 90 valence electrons. The van der Waals surface area contributed by atoms with E-state index in [0.717, 1.165) is 10.0 Å². The normalized spacial score (nSPS) is 19.8. The van der Waals surface area contributed by atoms with Crippen LogP contribution >= 0.6 is 15.9 Å². The van der Waals surface area contributed by atoms with E-state index in [4.69, 9.17) is 5.11 Å². The Balaban J connectivity index is 2.39. The fraction of sp³-hybridized carbons (Fsp3) is 0.333. The molecule has 1 aromatic carbocycles. The Kier molecular flexibility index (Phi) is 3.19. The number of carbonyl (C=O) groups excluding carboxylic acids is 1. The number of carboxylic acid groups (broad SMARTS) is 1. The molecule has 4 nitrogen and oxygen atoms in total. The number of hydrogen-bond donors (Lipinski definition) is 1. The lowest BCUT2D eigenvalue weighted by molar-refractivity contribution is -0.138. The molecule has 2 rings (SSSR count). The number of anilines is 1. The third-order valence-corrected chi connectivity index (χ3v) is 3.81. The van der Waals surface area contributed by atoms with E-state index in [0.29, 0.717) is 18.5 Å². The van der Waals surface area contributed by atoms with Gasteiger partial charge in [0.15, 0.2) is 0 Å². The number of hydrogen-bond acceptors (Lipinski definition) is 2. The van der Waals surface area contributed by atoms with Gasteiger partial charge in [-0.15, -0.1) is 0 Å². The van der Waals surface area contributed by atoms with Crippen LogP contribution in [0.3, 0.4) is 0 Å². The fourth-order valence-corrected chi connectivity index (χ4v) is 2.27. The lowest BCUT2D eigenvalue weighted by Gasteiger charge is -2.22. The second-order valence-electron chi connectivity index (χ2n) is 4.09. The van der Waals surface area contributed by atoms with Crippen molar-refractivity contribution in [3.63, 3.8) is 0 Å². The highest BCUT2D eigenvalue weighted by molar-refractivity contribution is 9.10. The molecule has 1 fully saturated rings. The monoisotopic (exact) mass is 297 g/mol. The summed E-state index contributed by atoms with van der Waals surface area (Å²) in [6.45, 7) is 1.91. The highest BCUT2D eigenvalue weighted by atomic mass is 79.9. The predicted octanol–water partition coefficient (Wildman–Crippen LogP) is 2.34. The first kappa shape index (κ1) is 12.1. The molecule has 1 unspecified atom stereocenters. The summed E-state index contributed by atoms with van der Waals surface area (Å²) in [5.41, 5.74) is 1.63. The quantitative estimate of drug-likeness (QED) is 0.911. The highest BCUT2D eigenvalue weighted by Crippen LogP contribution is 2.29. The number of halogens is 1. The summed E-state index contributed by atoms with van der Waals surface area (Å²) in [7, 11) is 0. The van der Waals surface area contributed by atoms with Crippen molar-refractivity contribution in [1.29, 1.82) is 0 Å². The van der Waals surface area contributed by atoms with Crippen molar-refractivity contribution in [2.24, 2.45) is 0 Å². The van der Waals surface area contributed by atoms with Gasteiger partial charge in [-0.3, -0.25) is 9.69 Å². The zero-order chi connectivity index (χ0) is 12.6. The minimum atomic E-state index is -0.948. The van der Waals surface area contributed by atoms with Crippen LogP contribution in [0.1, 0.15) is 18.4 Å². The topological polar surface area (TPSA) is 57.6 Å². The molecule has 1 amide bonds. The van der Waals surface area contributed by atoms with Crippen molar-refractivity contribution in [2.75, 3.05) is 4.90 Å². The number of aliphatic carboxylic acids is 1. The van der Waals surface area contributed by atoms with Gasteiger partial charge in [-0.1, -0.05) is 15.9 Å². The maximum Gasteiger partial charge on any atom is 0.326 e. The van der Waals surface area contributed by atoms with Crippen LogP contribution < -0.4 is 4.90 Å². The van der Waals surface area contributed by atoms with E-state index < -0.39 is 12.0 Å². The first-order valence-corrected chi connectivity index (χ1v) is 6.11. The molecule has 0 spiro atoms. The van der Waals surface area contributed by atoms with Crippen LogP contribution in [0.5, 0.6) is 0 Å². The van der Waals surface area contributed by atoms with Gasteiger partial charge in [0.2, 0.25) is 5.91 Å². The van der Waals surface area contributed by atoms with Crippen molar-refractivity contribution >= 4 is 33.5 Å². The van der Waals surface area contributed by atoms with Crippen LogP contribution in [0.4, 0.5) is 5.69 Å². The molecule has 1 saturated heterocycles. The largest absolute Gasteiger partial charge is 0.480 e. The molecule has 1 aromatic rings. The molecule has 1 N–H and O–H groups in total. The van der Waals surface area contributed by atoms with Gasteiger partial charge in [0.05, 0.1) is 0 Å². The molecule has 1 aliphatic heterocycles. The summed E-state index contributed by atoms with van der Waals surface area (Å²) in [6, 6.07) is 4.68. The lowest BCUT2D eigenvalue weighted by atomic mass is 10.2. The lowest BCUT2D eigenvalue weighted by Crippen LogP contribution is -2.38. The van der Waals surface area contributed by atoms with Gasteiger partial charge in [0, 0.05) is 16.6 Å². The summed E-state index contributed by atoms with van der Waals surface area (Å²) in [5.74, 6) is -1.07. The van der Waals surface area contributed by atoms with Crippen LogP contribution in [-0.4, -0.2) is 23.0 Å². The number of rotatable bonds is 2. The van der Waals surface area contributed by atoms with Gasteiger partial charge in [-0.05, 0) is 37.1 Å². The number of benzene rings is 1. The highest BCUT2D eigenvalue weighted by Gasteiger charge is 2.37. The van der Waals surface area contributed by atoms with E-state index in [1.807, 2.05) is 19.1 Å². The van der Waals surface area contributed by atoms with E-state index >= 15 is 0 Å². The fourth-order valence-electron chi connectivity index (χ4n) is 2.02. The number of nitrogens with zero attached hydrogens (tertiary/aromatic N) is 1. The van der Waals surface area contributed by atoms with Gasteiger partial charge < -0.3 is 5.11 Å². The zero-order valence-corrected chi connectivity index (χ0v) is 10.9. The second-order valence-corrected chi connectivity index (χ2v) is 4.94. The SMILES string of the molecule is Cc1cc(N2C(=O)CCC2C(=O)O)ccc1Br. The number of carbonyl (C=O) groups is 2. The molecule has 17 heavy (non-hydrogen) atoms. The summed E-state index contributed by atoms with van der Waals surface area (Å²) >= 11 is 3.38.